The monoisotopic (exact) mass is 405 g/mol. The molecule has 1 aromatic heterocycles. The SMILES string of the molecule is CCN(Cc1nc2ccccc2c(=O)[nH]1)C(=O)COc1cc(Cl)ccc1Cl. The second kappa shape index (κ2) is 8.41. The van der Waals surface area contributed by atoms with Crippen molar-refractivity contribution in [2.75, 3.05) is 13.2 Å². The van der Waals surface area contributed by atoms with Crippen LogP contribution in [0.5, 0.6) is 5.75 Å². The Kier molecular flexibility index (Phi) is 5.98. The van der Waals surface area contributed by atoms with E-state index in [9.17, 15) is 9.59 Å². The standard InChI is InChI=1S/C19H17Cl2N3O3/c1-2-24(18(25)11-27-16-9-12(20)7-8-14(16)21)10-17-22-15-6-4-3-5-13(15)19(26)23-17/h3-9H,2,10-11H2,1H3,(H,22,23,26). The molecule has 140 valence electrons. The number of nitrogens with zero attached hydrogens (tertiary/aromatic N) is 2. The van der Waals surface area contributed by atoms with Crippen LogP contribution in [0.4, 0.5) is 0 Å². The van der Waals surface area contributed by atoms with Gasteiger partial charge >= 0.3 is 0 Å². The fourth-order valence-corrected chi connectivity index (χ4v) is 2.92. The highest BCUT2D eigenvalue weighted by Crippen LogP contribution is 2.27. The van der Waals surface area contributed by atoms with Gasteiger partial charge in [-0.25, -0.2) is 4.98 Å². The lowest BCUT2D eigenvalue weighted by Gasteiger charge is -2.20. The number of hydrogen-bond donors (Lipinski definition) is 1. The normalized spacial score (nSPS) is 10.8. The Morgan fingerprint density at radius 3 is 2.78 bits per heavy atom. The van der Waals surface area contributed by atoms with Crippen molar-refractivity contribution in [2.24, 2.45) is 0 Å². The zero-order chi connectivity index (χ0) is 19.4. The lowest BCUT2D eigenvalue weighted by molar-refractivity contribution is -0.133. The molecule has 0 atom stereocenters. The maximum absolute atomic E-state index is 12.5. The van der Waals surface area contributed by atoms with Gasteiger partial charge in [-0.15, -0.1) is 0 Å². The minimum Gasteiger partial charge on any atom is -0.482 e. The fraction of sp³-hybridized carbons (Fsp3) is 0.211. The number of ether oxygens (including phenoxy) is 1. The molecule has 2 aromatic carbocycles. The van der Waals surface area contributed by atoms with E-state index in [1.807, 2.05) is 13.0 Å². The van der Waals surface area contributed by atoms with Crippen molar-refractivity contribution < 1.29 is 9.53 Å². The summed E-state index contributed by atoms with van der Waals surface area (Å²) in [5.41, 5.74) is 0.350. The van der Waals surface area contributed by atoms with Crippen molar-refractivity contribution in [2.45, 2.75) is 13.5 Å². The van der Waals surface area contributed by atoms with Crippen molar-refractivity contribution in [3.8, 4) is 5.75 Å². The van der Waals surface area contributed by atoms with E-state index in [-0.39, 0.29) is 24.6 Å². The van der Waals surface area contributed by atoms with Crippen LogP contribution in [0.1, 0.15) is 12.7 Å². The van der Waals surface area contributed by atoms with Gasteiger partial charge in [0.1, 0.15) is 11.6 Å². The first-order valence-corrected chi connectivity index (χ1v) is 9.07. The molecule has 0 bridgehead atoms. The van der Waals surface area contributed by atoms with Crippen molar-refractivity contribution in [1.29, 1.82) is 0 Å². The molecule has 0 spiro atoms. The number of likely N-dealkylation sites (N-methyl/N-ethyl adjacent to an activating group) is 1. The Labute approximate surface area is 165 Å². The third-order valence-electron chi connectivity index (χ3n) is 3.98. The summed E-state index contributed by atoms with van der Waals surface area (Å²) >= 11 is 12.0. The molecule has 0 fully saturated rings. The number of rotatable bonds is 6. The van der Waals surface area contributed by atoms with Crippen molar-refractivity contribution >= 4 is 40.0 Å². The van der Waals surface area contributed by atoms with Gasteiger partial charge in [0, 0.05) is 17.6 Å². The number of aromatic nitrogens is 2. The predicted molar refractivity (Wildman–Crippen MR) is 105 cm³/mol. The number of benzene rings is 2. The molecule has 0 unspecified atom stereocenters. The van der Waals surface area contributed by atoms with E-state index in [1.165, 1.54) is 4.90 Å². The van der Waals surface area contributed by atoms with E-state index in [1.54, 1.807) is 36.4 Å². The zero-order valence-electron chi connectivity index (χ0n) is 14.5. The lowest BCUT2D eigenvalue weighted by atomic mass is 10.2. The van der Waals surface area contributed by atoms with Crippen LogP contribution in [-0.4, -0.2) is 33.9 Å². The summed E-state index contributed by atoms with van der Waals surface area (Å²) in [6, 6.07) is 11.8. The Bertz CT molecular complexity index is 1040. The summed E-state index contributed by atoms with van der Waals surface area (Å²) in [6.45, 7) is 2.24. The minimum atomic E-state index is -0.260. The highest BCUT2D eigenvalue weighted by atomic mass is 35.5. The number of hydrogen-bond acceptors (Lipinski definition) is 4. The molecule has 6 nitrogen and oxygen atoms in total. The van der Waals surface area contributed by atoms with Crippen LogP contribution >= 0.6 is 23.2 Å². The highest BCUT2D eigenvalue weighted by Gasteiger charge is 2.16. The van der Waals surface area contributed by atoms with Gasteiger partial charge < -0.3 is 14.6 Å². The van der Waals surface area contributed by atoms with E-state index in [0.29, 0.717) is 39.1 Å². The van der Waals surface area contributed by atoms with Gasteiger partial charge in [-0.1, -0.05) is 35.3 Å². The van der Waals surface area contributed by atoms with Crippen LogP contribution in [0, 0.1) is 0 Å². The minimum absolute atomic E-state index is 0.169. The molecule has 0 aliphatic rings. The summed E-state index contributed by atoms with van der Waals surface area (Å²) in [4.78, 5) is 33.3. The maximum Gasteiger partial charge on any atom is 0.260 e. The molecular weight excluding hydrogens is 389 g/mol. The third-order valence-corrected chi connectivity index (χ3v) is 4.53. The van der Waals surface area contributed by atoms with Gasteiger partial charge in [-0.2, -0.15) is 0 Å². The molecule has 3 aromatic rings. The quantitative estimate of drug-likeness (QED) is 0.678. The first-order valence-electron chi connectivity index (χ1n) is 8.31. The Hall–Kier alpha value is -2.57. The average molecular weight is 406 g/mol. The smallest absolute Gasteiger partial charge is 0.260 e. The summed E-state index contributed by atoms with van der Waals surface area (Å²) in [6.07, 6.45) is 0. The van der Waals surface area contributed by atoms with E-state index >= 15 is 0 Å². The van der Waals surface area contributed by atoms with Crippen LogP contribution in [0.2, 0.25) is 10.0 Å². The number of halogens is 2. The number of carbonyl (C=O) groups excluding carboxylic acids is 1. The summed E-state index contributed by atoms with van der Waals surface area (Å²) in [5, 5.41) is 1.34. The molecule has 27 heavy (non-hydrogen) atoms. The number of nitrogens with one attached hydrogen (secondary N) is 1. The van der Waals surface area contributed by atoms with Crippen molar-refractivity contribution in [3.05, 3.63) is 68.7 Å². The van der Waals surface area contributed by atoms with E-state index < -0.39 is 0 Å². The van der Waals surface area contributed by atoms with Gasteiger partial charge in [0.2, 0.25) is 0 Å². The molecule has 1 amide bonds. The van der Waals surface area contributed by atoms with Crippen molar-refractivity contribution in [1.82, 2.24) is 14.9 Å². The van der Waals surface area contributed by atoms with Crippen LogP contribution in [0.3, 0.4) is 0 Å². The molecule has 0 saturated heterocycles. The molecule has 0 aliphatic carbocycles. The number of fused-ring (bicyclic) bond motifs is 1. The Balaban J connectivity index is 1.72. The summed E-state index contributed by atoms with van der Waals surface area (Å²) in [7, 11) is 0. The van der Waals surface area contributed by atoms with Gasteiger partial charge in [-0.05, 0) is 31.2 Å². The Morgan fingerprint density at radius 2 is 2.00 bits per heavy atom. The first-order chi connectivity index (χ1) is 13.0. The molecule has 0 aliphatic heterocycles. The first kappa shape index (κ1) is 19.2. The largest absolute Gasteiger partial charge is 0.482 e. The average Bonchev–Trinajstić information content (AvgIpc) is 2.66. The summed E-state index contributed by atoms with van der Waals surface area (Å²) < 4.78 is 5.49. The van der Waals surface area contributed by atoms with Crippen LogP contribution < -0.4 is 10.3 Å². The van der Waals surface area contributed by atoms with Crippen LogP contribution in [-0.2, 0) is 11.3 Å². The van der Waals surface area contributed by atoms with E-state index in [4.69, 9.17) is 27.9 Å². The molecule has 3 rings (SSSR count). The third kappa shape index (κ3) is 4.59. The van der Waals surface area contributed by atoms with Crippen LogP contribution in [0.15, 0.2) is 47.3 Å². The number of carbonyl (C=O) groups is 1. The Morgan fingerprint density at radius 1 is 1.22 bits per heavy atom. The molecule has 0 saturated carbocycles. The number of H-pyrrole nitrogens is 1. The van der Waals surface area contributed by atoms with Crippen molar-refractivity contribution in [3.63, 3.8) is 0 Å². The molecule has 0 radical (unpaired) electrons. The zero-order valence-corrected chi connectivity index (χ0v) is 16.0. The second-order valence-corrected chi connectivity index (χ2v) is 6.64. The van der Waals surface area contributed by atoms with E-state index in [2.05, 4.69) is 9.97 Å². The molecular formula is C19H17Cl2N3O3. The number of amides is 1. The number of aromatic amines is 1. The van der Waals surface area contributed by atoms with Crippen LogP contribution in [0.25, 0.3) is 10.9 Å². The van der Waals surface area contributed by atoms with Gasteiger partial charge in [0.15, 0.2) is 6.61 Å². The molecule has 1 N–H and O–H groups in total. The molecule has 1 heterocycles. The van der Waals surface area contributed by atoms with E-state index in [0.717, 1.165) is 0 Å². The van der Waals surface area contributed by atoms with Gasteiger partial charge in [0.05, 0.1) is 22.5 Å². The highest BCUT2D eigenvalue weighted by molar-refractivity contribution is 6.34. The summed E-state index contributed by atoms with van der Waals surface area (Å²) in [5.74, 6) is 0.491. The molecule has 8 heteroatoms. The maximum atomic E-state index is 12.5. The fourth-order valence-electron chi connectivity index (χ4n) is 2.59. The second-order valence-electron chi connectivity index (χ2n) is 5.80. The number of para-hydroxylation sites is 1. The topological polar surface area (TPSA) is 75.3 Å². The lowest BCUT2D eigenvalue weighted by Crippen LogP contribution is -2.35. The van der Waals surface area contributed by atoms with Gasteiger partial charge in [-0.3, -0.25) is 9.59 Å². The van der Waals surface area contributed by atoms with Gasteiger partial charge in [0.25, 0.3) is 11.5 Å². The predicted octanol–water partition coefficient (Wildman–Crippen LogP) is 3.66.